The van der Waals surface area contributed by atoms with Crippen molar-refractivity contribution < 1.29 is 19.7 Å². The summed E-state index contributed by atoms with van der Waals surface area (Å²) < 4.78 is 14.1. The molecule has 2 N–H and O–H groups in total. The van der Waals surface area contributed by atoms with Gasteiger partial charge < -0.3 is 0 Å². The van der Waals surface area contributed by atoms with Crippen LogP contribution in [0.4, 0.5) is 0 Å². The Bertz CT molecular complexity index is 1920. The first-order valence-corrected chi connectivity index (χ1v) is 26.6. The van der Waals surface area contributed by atoms with Gasteiger partial charge in [-0.25, -0.2) is 0 Å². The van der Waals surface area contributed by atoms with Crippen molar-refractivity contribution >= 4 is 29.9 Å². The van der Waals surface area contributed by atoms with Gasteiger partial charge in [-0.15, -0.1) is 0 Å². The van der Waals surface area contributed by atoms with E-state index in [-0.39, 0.29) is 21.7 Å². The number of hydrogen-bond donors (Lipinski definition) is 2. The van der Waals surface area contributed by atoms with Crippen molar-refractivity contribution in [1.29, 1.82) is 0 Å². The minimum atomic E-state index is -0.135. The van der Waals surface area contributed by atoms with Gasteiger partial charge in [-0.1, -0.05) is 0 Å². The summed E-state index contributed by atoms with van der Waals surface area (Å²) in [6.07, 6.45) is 2.13. The Balaban J connectivity index is 1.74. The molecule has 10 bridgehead atoms. The number of phenols is 2. The predicted molar refractivity (Wildman–Crippen MR) is 251 cm³/mol. The zero-order chi connectivity index (χ0) is 43.3. The molecule has 7 rings (SSSR count). The number of aromatic hydroxyl groups is 2. The third-order valence-corrected chi connectivity index (χ3v) is 18.0. The van der Waals surface area contributed by atoms with E-state index in [1.807, 2.05) is 0 Å². The van der Waals surface area contributed by atoms with Crippen molar-refractivity contribution in [2.24, 2.45) is 5.41 Å². The average molecular weight is 931 g/mol. The summed E-state index contributed by atoms with van der Waals surface area (Å²) in [5, 5.41) is 29.5. The van der Waals surface area contributed by atoms with E-state index >= 15 is 0 Å². The van der Waals surface area contributed by atoms with Gasteiger partial charge in [0.25, 0.3) is 0 Å². The standard InChI is InChI=1S/C53H72O4Se2/c1-49(2,3)41-23-33-19-37-27-43(51(7,8)9)29-39-21-35-25-42(50(4,5)6)26-36(46(35)55)22-40-30-44(52(10,11)12)28-38(20-34(24-41)45(33)54)48(40)57-16-18-59-32-53(13,14)31-58-17-15-56-47(37)39/h23-30,54-55H,15-22,31-32H2,1-14H3. The van der Waals surface area contributed by atoms with Crippen LogP contribution in [-0.2, 0) is 47.3 Å². The Morgan fingerprint density at radius 2 is 0.661 bits per heavy atom. The second-order valence-electron chi connectivity index (χ2n) is 22.2. The van der Waals surface area contributed by atoms with Crippen LogP contribution in [0.1, 0.15) is 164 Å². The maximum absolute atomic E-state index is 12.5. The fourth-order valence-corrected chi connectivity index (χ4v) is 13.0. The van der Waals surface area contributed by atoms with Crippen LogP contribution in [0.25, 0.3) is 0 Å². The molecule has 0 atom stereocenters. The zero-order valence-electron chi connectivity index (χ0n) is 38.7. The van der Waals surface area contributed by atoms with Crippen LogP contribution in [-0.4, -0.2) is 53.3 Å². The molecule has 0 spiro atoms. The average Bonchev–Trinajstić information content (AvgIpc) is 3.10. The number of rotatable bonds is 0. The van der Waals surface area contributed by atoms with Crippen molar-refractivity contribution in [2.75, 3.05) is 13.2 Å². The molecule has 3 aliphatic rings. The molecule has 1 aliphatic carbocycles. The van der Waals surface area contributed by atoms with Gasteiger partial charge in [-0.05, 0) is 0 Å². The molecule has 0 aromatic heterocycles. The van der Waals surface area contributed by atoms with Crippen molar-refractivity contribution in [3.05, 3.63) is 115 Å². The summed E-state index contributed by atoms with van der Waals surface area (Å²) in [4.78, 5) is 0. The van der Waals surface area contributed by atoms with Crippen LogP contribution in [0.5, 0.6) is 23.0 Å². The van der Waals surface area contributed by atoms with Crippen LogP contribution in [0.3, 0.4) is 0 Å². The molecule has 2 heterocycles. The van der Waals surface area contributed by atoms with Gasteiger partial charge in [-0.2, -0.15) is 0 Å². The zero-order valence-corrected chi connectivity index (χ0v) is 42.1. The van der Waals surface area contributed by atoms with Gasteiger partial charge in [0.1, 0.15) is 0 Å². The quantitative estimate of drug-likeness (QED) is 0.152. The molecule has 4 aromatic carbocycles. The topological polar surface area (TPSA) is 58.9 Å². The van der Waals surface area contributed by atoms with Crippen molar-refractivity contribution in [3.8, 4) is 23.0 Å². The Kier molecular flexibility index (Phi) is 13.2. The Morgan fingerprint density at radius 1 is 0.424 bits per heavy atom. The monoisotopic (exact) mass is 932 g/mol. The molecular weight excluding hydrogens is 858 g/mol. The number of ether oxygens (including phenoxy) is 2. The third kappa shape index (κ3) is 11.0. The number of hydrogen-bond acceptors (Lipinski definition) is 4. The van der Waals surface area contributed by atoms with E-state index in [2.05, 4.69) is 145 Å². The molecule has 0 fully saturated rings. The van der Waals surface area contributed by atoms with Crippen LogP contribution < -0.4 is 9.47 Å². The summed E-state index contributed by atoms with van der Waals surface area (Å²) in [6.45, 7) is 33.4. The Hall–Kier alpha value is -2.88. The molecule has 0 radical (unpaired) electrons. The fourth-order valence-electron chi connectivity index (χ4n) is 8.16. The van der Waals surface area contributed by atoms with Crippen molar-refractivity contribution in [1.82, 2.24) is 0 Å². The van der Waals surface area contributed by atoms with Gasteiger partial charge in [0.05, 0.1) is 0 Å². The van der Waals surface area contributed by atoms with E-state index in [4.69, 9.17) is 9.47 Å². The summed E-state index contributed by atoms with van der Waals surface area (Å²) in [5.41, 5.74) is 12.6. The summed E-state index contributed by atoms with van der Waals surface area (Å²) in [7, 11) is 0. The summed E-state index contributed by atoms with van der Waals surface area (Å²) >= 11 is 0.898. The molecular formula is C53H72O4Se2. The number of phenolic OH excluding ortho intramolecular Hbond substituents is 2. The van der Waals surface area contributed by atoms with E-state index in [0.29, 0.717) is 85.7 Å². The minimum absolute atomic E-state index is 0.130. The molecule has 4 aromatic rings. The third-order valence-electron chi connectivity index (χ3n) is 11.9. The normalized spacial score (nSPS) is 17.1. The van der Waals surface area contributed by atoms with E-state index in [1.54, 1.807) is 0 Å². The van der Waals surface area contributed by atoms with Crippen LogP contribution in [0.2, 0.25) is 21.3 Å². The van der Waals surface area contributed by atoms with Gasteiger partial charge in [0.15, 0.2) is 0 Å². The molecule has 0 saturated carbocycles. The van der Waals surface area contributed by atoms with E-state index in [9.17, 15) is 10.2 Å². The maximum atomic E-state index is 12.5. The molecule has 6 heteroatoms. The summed E-state index contributed by atoms with van der Waals surface area (Å²) in [6, 6.07) is 18.2. The molecule has 4 nitrogen and oxygen atoms in total. The summed E-state index contributed by atoms with van der Waals surface area (Å²) in [5.74, 6) is 2.51. The van der Waals surface area contributed by atoms with Gasteiger partial charge in [-0.3, -0.25) is 0 Å². The van der Waals surface area contributed by atoms with E-state index < -0.39 is 0 Å². The molecule has 2 aliphatic heterocycles. The van der Waals surface area contributed by atoms with Crippen LogP contribution in [0, 0.1) is 5.41 Å². The number of benzene rings is 4. The Morgan fingerprint density at radius 3 is 0.898 bits per heavy atom. The molecule has 59 heavy (non-hydrogen) atoms. The number of fused-ring (bicyclic) bond motifs is 10. The molecule has 0 amide bonds. The van der Waals surface area contributed by atoms with E-state index in [1.165, 1.54) is 32.9 Å². The van der Waals surface area contributed by atoms with Crippen LogP contribution >= 0.6 is 0 Å². The van der Waals surface area contributed by atoms with Crippen LogP contribution in [0.15, 0.2) is 48.5 Å². The van der Waals surface area contributed by atoms with E-state index in [0.717, 1.165) is 66.6 Å². The SMILES string of the molecule is CC1(C)C[Se]CCOc2c3cc(C(C)(C)C)cc2Cc2cc(C(C)(C)C)cc(c2O)Cc2cc(C(C)(C)C)cc(c2OCC[Se]C1)Cc1cc(C(C)(C)C)cc(c1O)C3. The molecule has 0 saturated heterocycles. The second-order valence-corrected chi connectivity index (χ2v) is 26.8. The first kappa shape index (κ1) is 45.6. The van der Waals surface area contributed by atoms with Crippen molar-refractivity contribution in [2.45, 2.75) is 166 Å². The van der Waals surface area contributed by atoms with Gasteiger partial charge in [0, 0.05) is 0 Å². The molecule has 0 unspecified atom stereocenters. The predicted octanol–water partition coefficient (Wildman–Crippen LogP) is 12.8. The molecule has 320 valence electrons. The fraction of sp³-hybridized carbons (Fsp3) is 0.547. The van der Waals surface area contributed by atoms with Gasteiger partial charge >= 0.3 is 372 Å². The first-order chi connectivity index (χ1) is 27.3. The first-order valence-electron chi connectivity index (χ1n) is 21.7. The second kappa shape index (κ2) is 17.1. The van der Waals surface area contributed by atoms with Crippen molar-refractivity contribution in [3.63, 3.8) is 0 Å². The van der Waals surface area contributed by atoms with Gasteiger partial charge in [0.2, 0.25) is 0 Å². The Labute approximate surface area is 370 Å².